The van der Waals surface area contributed by atoms with E-state index in [0.717, 1.165) is 6.54 Å². The van der Waals surface area contributed by atoms with Crippen molar-refractivity contribution in [2.24, 2.45) is 0 Å². The number of rotatable bonds is 2. The monoisotopic (exact) mass is 218 g/mol. The van der Waals surface area contributed by atoms with E-state index in [1.807, 2.05) is 18.7 Å². The maximum Gasteiger partial charge on any atom is 0 e. The Labute approximate surface area is 91.4 Å². The SMILES string of the molecule is CC.[CH2-]CN([CH2-])C(C)C.[Y]. The van der Waals surface area contributed by atoms with Crippen molar-refractivity contribution in [1.29, 1.82) is 0 Å². The fourth-order valence-electron chi connectivity index (χ4n) is 0.258. The Morgan fingerprint density at radius 1 is 1.30 bits per heavy atom. The maximum atomic E-state index is 3.73. The van der Waals surface area contributed by atoms with E-state index in [1.54, 1.807) is 0 Å². The molecule has 0 saturated carbocycles. The summed E-state index contributed by atoms with van der Waals surface area (Å²) in [7, 11) is 3.73. The molecule has 0 aliphatic heterocycles. The van der Waals surface area contributed by atoms with E-state index in [1.165, 1.54) is 0 Å². The quantitative estimate of drug-likeness (QED) is 0.643. The van der Waals surface area contributed by atoms with Crippen molar-refractivity contribution in [2.75, 3.05) is 6.54 Å². The Morgan fingerprint density at radius 2 is 1.60 bits per heavy atom. The van der Waals surface area contributed by atoms with Crippen LogP contribution in [-0.2, 0) is 32.7 Å². The van der Waals surface area contributed by atoms with Crippen LogP contribution in [0.2, 0.25) is 0 Å². The fraction of sp³-hybridized carbons (Fsp3) is 0.750. The molecule has 0 amide bonds. The molecule has 0 unspecified atom stereocenters. The summed E-state index contributed by atoms with van der Waals surface area (Å²) in [5.41, 5.74) is 0. The Hall–Kier alpha value is 1.06. The Morgan fingerprint density at radius 3 is 1.60 bits per heavy atom. The molecule has 0 N–H and O–H groups in total. The maximum absolute atomic E-state index is 3.73. The van der Waals surface area contributed by atoms with Crippen molar-refractivity contribution in [3.63, 3.8) is 0 Å². The van der Waals surface area contributed by atoms with Gasteiger partial charge in [0.1, 0.15) is 0 Å². The molecule has 2 heteroatoms. The largest absolute Gasteiger partial charge is 0.482 e. The van der Waals surface area contributed by atoms with E-state index in [4.69, 9.17) is 0 Å². The summed E-state index contributed by atoms with van der Waals surface area (Å²) >= 11 is 0. The zero-order valence-corrected chi connectivity index (χ0v) is 10.6. The third kappa shape index (κ3) is 11.8. The molecular weight excluding hydrogens is 199 g/mol. The third-order valence-electron chi connectivity index (χ3n) is 1.02. The summed E-state index contributed by atoms with van der Waals surface area (Å²) in [6, 6.07) is 0.525. The van der Waals surface area contributed by atoms with Gasteiger partial charge in [0, 0.05) is 32.7 Å². The molecule has 0 fully saturated rings. The molecule has 0 spiro atoms. The van der Waals surface area contributed by atoms with Crippen LogP contribution in [0.5, 0.6) is 0 Å². The smallest absolute Gasteiger partial charge is 0 e. The van der Waals surface area contributed by atoms with Crippen LogP contribution in [0.1, 0.15) is 27.7 Å². The van der Waals surface area contributed by atoms with Crippen LogP contribution >= 0.6 is 0 Å². The summed E-state index contributed by atoms with van der Waals surface area (Å²) < 4.78 is 0. The molecule has 10 heavy (non-hydrogen) atoms. The van der Waals surface area contributed by atoms with Gasteiger partial charge in [-0.2, -0.15) is 6.54 Å². The predicted octanol–water partition coefficient (Wildman–Crippen LogP) is 2.35. The topological polar surface area (TPSA) is 3.24 Å². The van der Waals surface area contributed by atoms with Gasteiger partial charge in [-0.05, 0) is 6.04 Å². The Bertz CT molecular complexity index is 46.5. The average molecular weight is 218 g/mol. The van der Waals surface area contributed by atoms with Crippen LogP contribution in [0.25, 0.3) is 0 Å². The van der Waals surface area contributed by atoms with E-state index < -0.39 is 0 Å². The molecule has 0 rings (SSSR count). The van der Waals surface area contributed by atoms with Crippen molar-refractivity contribution in [1.82, 2.24) is 4.90 Å². The minimum absolute atomic E-state index is 0. The molecule has 0 saturated heterocycles. The average Bonchev–Trinajstić information content (AvgIpc) is 1.91. The van der Waals surface area contributed by atoms with Crippen molar-refractivity contribution >= 4 is 0 Å². The molecule has 0 aromatic carbocycles. The second kappa shape index (κ2) is 12.7. The minimum Gasteiger partial charge on any atom is -0.482 e. The fourth-order valence-corrected chi connectivity index (χ4v) is 0.258. The van der Waals surface area contributed by atoms with Gasteiger partial charge in [0.15, 0.2) is 0 Å². The zero-order valence-electron chi connectivity index (χ0n) is 7.72. The van der Waals surface area contributed by atoms with E-state index in [9.17, 15) is 0 Å². The van der Waals surface area contributed by atoms with Gasteiger partial charge >= 0.3 is 0 Å². The van der Waals surface area contributed by atoms with Gasteiger partial charge in [-0.15, -0.1) is 0 Å². The van der Waals surface area contributed by atoms with Crippen LogP contribution in [0.15, 0.2) is 0 Å². The molecule has 1 nitrogen and oxygen atoms in total. The van der Waals surface area contributed by atoms with Gasteiger partial charge in [0.2, 0.25) is 0 Å². The molecule has 0 heterocycles. The van der Waals surface area contributed by atoms with Crippen molar-refractivity contribution in [2.45, 2.75) is 33.7 Å². The van der Waals surface area contributed by atoms with Gasteiger partial charge in [-0.3, -0.25) is 7.05 Å². The standard InChI is InChI=1S/C6H13N.C2H6.Y/c1-5-7(4)6(2)3;1-2;/h6H,1,4-5H2,2-3H3;1-2H3;/q-2;;. The Kier molecular flexibility index (Phi) is 21.9. The third-order valence-corrected chi connectivity index (χ3v) is 1.02. The van der Waals surface area contributed by atoms with Crippen molar-refractivity contribution in [3.05, 3.63) is 14.0 Å². The second-order valence-corrected chi connectivity index (χ2v) is 1.91. The minimum atomic E-state index is 0. The number of nitrogens with zero attached hydrogens (tertiary/aromatic N) is 1. The van der Waals surface area contributed by atoms with Gasteiger partial charge in [0.25, 0.3) is 0 Å². The summed E-state index contributed by atoms with van der Waals surface area (Å²) in [5.74, 6) is 0. The summed E-state index contributed by atoms with van der Waals surface area (Å²) in [6.07, 6.45) is 0. The summed E-state index contributed by atoms with van der Waals surface area (Å²) in [6.45, 7) is 12.7. The first-order chi connectivity index (χ1) is 4.18. The van der Waals surface area contributed by atoms with Gasteiger partial charge < -0.3 is 11.8 Å². The van der Waals surface area contributed by atoms with Gasteiger partial charge in [-0.1, -0.05) is 27.7 Å². The molecule has 61 valence electrons. The van der Waals surface area contributed by atoms with Crippen LogP contribution in [-0.4, -0.2) is 17.5 Å². The van der Waals surface area contributed by atoms with Crippen LogP contribution in [0.3, 0.4) is 0 Å². The van der Waals surface area contributed by atoms with Gasteiger partial charge in [-0.25, -0.2) is 0 Å². The second-order valence-electron chi connectivity index (χ2n) is 1.91. The molecule has 0 aromatic rings. The molecule has 1 radical (unpaired) electrons. The molecule has 0 bridgehead atoms. The van der Waals surface area contributed by atoms with Crippen molar-refractivity contribution < 1.29 is 32.7 Å². The number of hydrogen-bond donors (Lipinski definition) is 0. The van der Waals surface area contributed by atoms with E-state index in [-0.39, 0.29) is 32.7 Å². The normalized spacial score (nSPS) is 8.40. The molecule has 0 aromatic heterocycles. The molecule has 0 aliphatic carbocycles. The van der Waals surface area contributed by atoms with Crippen LogP contribution in [0, 0.1) is 14.0 Å². The van der Waals surface area contributed by atoms with Gasteiger partial charge in [0.05, 0.1) is 0 Å². The summed E-state index contributed by atoms with van der Waals surface area (Å²) in [4.78, 5) is 1.93. The van der Waals surface area contributed by atoms with Crippen LogP contribution in [0.4, 0.5) is 0 Å². The molecule has 0 atom stereocenters. The van der Waals surface area contributed by atoms with E-state index in [2.05, 4.69) is 27.8 Å². The number of hydrogen-bond acceptors (Lipinski definition) is 1. The summed E-state index contributed by atoms with van der Waals surface area (Å²) in [5, 5.41) is 0. The zero-order chi connectivity index (χ0) is 7.86. The first kappa shape index (κ1) is 17.2. The molecule has 0 aliphatic rings. The van der Waals surface area contributed by atoms with E-state index >= 15 is 0 Å². The van der Waals surface area contributed by atoms with Crippen molar-refractivity contribution in [3.8, 4) is 0 Å². The first-order valence-corrected chi connectivity index (χ1v) is 3.55. The first-order valence-electron chi connectivity index (χ1n) is 3.55. The molecular formula is C8H19NY-2. The van der Waals surface area contributed by atoms with Crippen LogP contribution < -0.4 is 0 Å². The van der Waals surface area contributed by atoms with E-state index in [0.29, 0.717) is 6.04 Å². The predicted molar refractivity (Wildman–Crippen MR) is 43.9 cm³/mol. The Balaban J connectivity index is -0.000000149.